The molecule has 0 unspecified atom stereocenters. The van der Waals surface area contributed by atoms with E-state index in [4.69, 9.17) is 19.6 Å². The number of aliphatic hydroxyl groups excluding tert-OH is 1. The zero-order valence-corrected chi connectivity index (χ0v) is 30.3. The van der Waals surface area contributed by atoms with Crippen molar-refractivity contribution in [2.75, 3.05) is 6.61 Å². The number of nitrogens with two attached hydrogens (primary N) is 1. The number of aliphatic hydroxyl groups is 1. The van der Waals surface area contributed by atoms with Gasteiger partial charge < -0.3 is 24.7 Å². The summed E-state index contributed by atoms with van der Waals surface area (Å²) >= 11 is 0. The van der Waals surface area contributed by atoms with Gasteiger partial charge in [0.1, 0.15) is 18.3 Å². The second-order valence-corrected chi connectivity index (χ2v) is 18.1. The quantitative estimate of drug-likeness (QED) is 0.0510. The monoisotopic (exact) mass is 651 g/mol. The Morgan fingerprint density at radius 2 is 1.78 bits per heavy atom. The molecule has 0 aliphatic carbocycles. The average molecular weight is 652 g/mol. The summed E-state index contributed by atoms with van der Waals surface area (Å²) in [5.41, 5.74) is 9.25. The van der Waals surface area contributed by atoms with E-state index in [1.165, 1.54) is 6.08 Å². The van der Waals surface area contributed by atoms with E-state index in [1.54, 1.807) is 12.2 Å². The molecule has 4 atom stereocenters. The molecule has 0 saturated heterocycles. The van der Waals surface area contributed by atoms with Crippen LogP contribution in [0.1, 0.15) is 71.9 Å². The standard InChI is InChI=1S/C38H57NO6Si/c1-11-17-31-19-16-20-32(26-31)22-23-36(41)43-35(30(5)24-29(4)27-40)25-28(3)18-14-13-15-21-34(44-37(39)42)33(12-2)45-46(9,10)38(6,7)8/h11-14,16,18-20,22-24,26,30,33-35,40H,1-2,15,17,21,25,27H2,3-10H3,(H2,39,42)/b14-13+,23-22+,28-18+,29-24+/t30-,33+,34+,35-/m1/s1. The van der Waals surface area contributed by atoms with Crippen LogP contribution in [-0.4, -0.2) is 50.4 Å². The Labute approximate surface area is 278 Å². The maximum atomic E-state index is 12.9. The Hall–Kier alpha value is -3.46. The summed E-state index contributed by atoms with van der Waals surface area (Å²) in [7, 11) is -2.14. The maximum absolute atomic E-state index is 12.9. The molecule has 1 rings (SSSR count). The molecule has 1 aromatic carbocycles. The first-order valence-corrected chi connectivity index (χ1v) is 18.9. The predicted octanol–water partition coefficient (Wildman–Crippen LogP) is 8.63. The molecule has 1 aromatic rings. The molecule has 7 nitrogen and oxygen atoms in total. The van der Waals surface area contributed by atoms with E-state index in [9.17, 15) is 14.7 Å². The minimum absolute atomic E-state index is 0.0163. The second-order valence-electron chi connectivity index (χ2n) is 13.4. The molecule has 0 heterocycles. The Balaban J connectivity index is 2.98. The molecule has 254 valence electrons. The van der Waals surface area contributed by atoms with Crippen LogP contribution in [0.4, 0.5) is 4.79 Å². The highest BCUT2D eigenvalue weighted by atomic mass is 28.4. The molecule has 0 aliphatic rings. The third-order valence-corrected chi connectivity index (χ3v) is 12.6. The minimum atomic E-state index is -2.14. The summed E-state index contributed by atoms with van der Waals surface area (Å²) in [6.45, 7) is 24.2. The van der Waals surface area contributed by atoms with Crippen LogP contribution in [0.3, 0.4) is 0 Å². The molecule has 0 aliphatic heterocycles. The summed E-state index contributed by atoms with van der Waals surface area (Å²) in [6, 6.07) is 7.92. The number of allylic oxidation sites excluding steroid dienone is 4. The lowest BCUT2D eigenvalue weighted by molar-refractivity contribution is -0.144. The Kier molecular flexibility index (Phi) is 17.6. The van der Waals surface area contributed by atoms with E-state index in [2.05, 4.69) is 47.0 Å². The van der Waals surface area contributed by atoms with Crippen LogP contribution in [0, 0.1) is 5.92 Å². The number of esters is 1. The van der Waals surface area contributed by atoms with Crippen LogP contribution < -0.4 is 5.73 Å². The van der Waals surface area contributed by atoms with Gasteiger partial charge in [-0.25, -0.2) is 9.59 Å². The van der Waals surface area contributed by atoms with Crippen molar-refractivity contribution in [1.29, 1.82) is 0 Å². The molecular weight excluding hydrogens is 595 g/mol. The first-order valence-electron chi connectivity index (χ1n) is 16.0. The second kappa shape index (κ2) is 19.9. The van der Waals surface area contributed by atoms with Crippen molar-refractivity contribution < 1.29 is 28.6 Å². The van der Waals surface area contributed by atoms with E-state index >= 15 is 0 Å². The molecule has 3 N–H and O–H groups in total. The van der Waals surface area contributed by atoms with Gasteiger partial charge in [0.25, 0.3) is 0 Å². The van der Waals surface area contributed by atoms with Crippen molar-refractivity contribution >= 4 is 26.5 Å². The summed E-state index contributed by atoms with van der Waals surface area (Å²) in [6.07, 6.45) is 14.7. The number of benzene rings is 1. The molecule has 0 fully saturated rings. The van der Waals surface area contributed by atoms with Crippen molar-refractivity contribution in [2.24, 2.45) is 11.7 Å². The van der Waals surface area contributed by atoms with Gasteiger partial charge >= 0.3 is 12.1 Å². The average Bonchev–Trinajstić information content (AvgIpc) is 2.97. The number of rotatable bonds is 19. The molecule has 46 heavy (non-hydrogen) atoms. The van der Waals surface area contributed by atoms with Gasteiger partial charge in [-0.2, -0.15) is 0 Å². The highest BCUT2D eigenvalue weighted by Crippen LogP contribution is 2.38. The van der Waals surface area contributed by atoms with E-state index in [-0.39, 0.29) is 17.6 Å². The predicted molar refractivity (Wildman–Crippen MR) is 193 cm³/mol. The number of ether oxygens (including phenoxy) is 2. The van der Waals surface area contributed by atoms with Crippen molar-refractivity contribution in [1.82, 2.24) is 0 Å². The third-order valence-electron chi connectivity index (χ3n) is 8.15. The maximum Gasteiger partial charge on any atom is 0.404 e. The van der Waals surface area contributed by atoms with Crippen LogP contribution in [-0.2, 0) is 25.1 Å². The largest absolute Gasteiger partial charge is 0.458 e. The van der Waals surface area contributed by atoms with E-state index in [0.717, 1.165) is 28.7 Å². The van der Waals surface area contributed by atoms with E-state index in [1.807, 2.05) is 75.4 Å². The van der Waals surface area contributed by atoms with Gasteiger partial charge in [0, 0.05) is 18.4 Å². The van der Waals surface area contributed by atoms with Crippen LogP contribution in [0.25, 0.3) is 6.08 Å². The fraction of sp³-hybridized carbons (Fsp3) is 0.474. The number of amides is 1. The van der Waals surface area contributed by atoms with Gasteiger partial charge in [0.15, 0.2) is 8.32 Å². The number of carbonyl (C=O) groups excluding carboxylic acids is 2. The zero-order chi connectivity index (χ0) is 34.9. The van der Waals surface area contributed by atoms with Crippen LogP contribution in [0.2, 0.25) is 18.1 Å². The van der Waals surface area contributed by atoms with Gasteiger partial charge in [0.2, 0.25) is 0 Å². The lowest BCUT2D eigenvalue weighted by atomic mass is 9.95. The number of hydrogen-bond donors (Lipinski definition) is 2. The SMILES string of the molecule is C=CCc1cccc(/C=C/C(=O)O[C@H](C/C(C)=C/C=C/CC[C@H](OC(N)=O)[C@H](C=C)O[Si](C)(C)C(C)(C)C)[C@H](C)/C=C(\C)CO)c1. The Morgan fingerprint density at radius 1 is 1.09 bits per heavy atom. The van der Waals surface area contributed by atoms with Gasteiger partial charge in [-0.1, -0.05) is 99.6 Å². The fourth-order valence-electron chi connectivity index (χ4n) is 4.49. The van der Waals surface area contributed by atoms with E-state index in [0.29, 0.717) is 19.3 Å². The van der Waals surface area contributed by atoms with Gasteiger partial charge in [-0.05, 0) is 68.4 Å². The Bertz CT molecular complexity index is 1270. The number of hydrogen-bond acceptors (Lipinski definition) is 6. The van der Waals surface area contributed by atoms with Crippen LogP contribution in [0.15, 0.2) is 91.1 Å². The first kappa shape index (κ1) is 40.6. The molecular formula is C38H57NO6Si. The summed E-state index contributed by atoms with van der Waals surface area (Å²) in [4.78, 5) is 24.5. The normalized spacial score (nSPS) is 15.8. The zero-order valence-electron chi connectivity index (χ0n) is 29.3. The lowest BCUT2D eigenvalue weighted by Crippen LogP contribution is -2.47. The summed E-state index contributed by atoms with van der Waals surface area (Å²) in [5, 5.41) is 9.52. The molecule has 8 heteroatoms. The highest BCUT2D eigenvalue weighted by Gasteiger charge is 2.40. The van der Waals surface area contributed by atoms with Crippen molar-refractivity contribution in [2.45, 2.75) is 104 Å². The van der Waals surface area contributed by atoms with Crippen molar-refractivity contribution in [3.8, 4) is 0 Å². The first-order chi connectivity index (χ1) is 21.5. The fourth-order valence-corrected chi connectivity index (χ4v) is 5.78. The van der Waals surface area contributed by atoms with E-state index < -0.39 is 38.7 Å². The lowest BCUT2D eigenvalue weighted by Gasteiger charge is -2.40. The molecule has 0 aromatic heterocycles. The van der Waals surface area contributed by atoms with Gasteiger partial charge in [0.05, 0.1) is 6.61 Å². The molecule has 0 spiro atoms. The third kappa shape index (κ3) is 15.2. The minimum Gasteiger partial charge on any atom is -0.458 e. The topological polar surface area (TPSA) is 108 Å². The Morgan fingerprint density at radius 3 is 2.37 bits per heavy atom. The molecule has 1 amide bonds. The van der Waals surface area contributed by atoms with Gasteiger partial charge in [-0.3, -0.25) is 0 Å². The molecule has 0 bridgehead atoms. The van der Waals surface area contributed by atoms with Crippen molar-refractivity contribution in [3.63, 3.8) is 0 Å². The van der Waals surface area contributed by atoms with Crippen LogP contribution in [0.5, 0.6) is 0 Å². The number of primary amides is 1. The summed E-state index contributed by atoms with van der Waals surface area (Å²) in [5.74, 6) is -0.544. The summed E-state index contributed by atoms with van der Waals surface area (Å²) < 4.78 is 17.8. The molecule has 0 saturated carbocycles. The smallest absolute Gasteiger partial charge is 0.404 e. The van der Waals surface area contributed by atoms with Gasteiger partial charge in [-0.15, -0.1) is 13.2 Å². The molecule has 0 radical (unpaired) electrons. The van der Waals surface area contributed by atoms with Crippen molar-refractivity contribution in [3.05, 3.63) is 102 Å². The highest BCUT2D eigenvalue weighted by molar-refractivity contribution is 6.74. The number of carbonyl (C=O) groups is 2. The van der Waals surface area contributed by atoms with Crippen LogP contribution >= 0.6 is 0 Å².